The molecule has 0 radical (unpaired) electrons. The van der Waals surface area contributed by atoms with Crippen LogP contribution in [0.15, 0.2) is 40.2 Å². The van der Waals surface area contributed by atoms with Crippen LogP contribution in [-0.4, -0.2) is 6.54 Å². The van der Waals surface area contributed by atoms with Gasteiger partial charge in [-0.2, -0.15) is 0 Å². The molecule has 0 aliphatic carbocycles. The third kappa shape index (κ3) is 3.37. The zero-order valence-electron chi connectivity index (χ0n) is 10.2. The lowest BCUT2D eigenvalue weighted by Crippen LogP contribution is -2.21. The number of thiophene rings is 1. The van der Waals surface area contributed by atoms with Gasteiger partial charge in [-0.3, -0.25) is 0 Å². The van der Waals surface area contributed by atoms with E-state index in [-0.39, 0.29) is 0 Å². The van der Waals surface area contributed by atoms with Crippen LogP contribution < -0.4 is 4.90 Å². The molecule has 1 aromatic heterocycles. The Kier molecular flexibility index (Phi) is 5.27. The molecule has 0 aliphatic heterocycles. The molecule has 1 nitrogen and oxygen atoms in total. The number of rotatable bonds is 5. The van der Waals surface area contributed by atoms with Crippen molar-refractivity contribution in [1.29, 1.82) is 0 Å². The van der Waals surface area contributed by atoms with E-state index in [1.165, 1.54) is 16.1 Å². The van der Waals surface area contributed by atoms with Gasteiger partial charge < -0.3 is 4.90 Å². The molecule has 2 aromatic rings. The van der Waals surface area contributed by atoms with Gasteiger partial charge in [0, 0.05) is 21.2 Å². The van der Waals surface area contributed by atoms with Gasteiger partial charge in [-0.1, -0.05) is 28.1 Å². The molecule has 18 heavy (non-hydrogen) atoms. The third-order valence-corrected chi connectivity index (χ3v) is 4.96. The van der Waals surface area contributed by atoms with E-state index < -0.39 is 0 Å². The number of benzene rings is 1. The molecule has 96 valence electrons. The summed E-state index contributed by atoms with van der Waals surface area (Å²) in [6, 6.07) is 10.8. The lowest BCUT2D eigenvalue weighted by molar-refractivity contribution is 0.840. The van der Waals surface area contributed by atoms with Crippen molar-refractivity contribution in [2.75, 3.05) is 11.4 Å². The van der Waals surface area contributed by atoms with Crippen LogP contribution in [0.2, 0.25) is 0 Å². The van der Waals surface area contributed by atoms with Gasteiger partial charge in [0.05, 0.1) is 12.2 Å². The van der Waals surface area contributed by atoms with Crippen molar-refractivity contribution in [2.45, 2.75) is 18.8 Å². The van der Waals surface area contributed by atoms with Crippen LogP contribution in [0.1, 0.15) is 17.4 Å². The molecule has 1 heterocycles. The normalized spacial score (nSPS) is 10.6. The van der Waals surface area contributed by atoms with E-state index in [4.69, 9.17) is 0 Å². The van der Waals surface area contributed by atoms with E-state index >= 15 is 0 Å². The Hall–Kier alpha value is -0.320. The van der Waals surface area contributed by atoms with Crippen molar-refractivity contribution in [3.8, 4) is 0 Å². The minimum absolute atomic E-state index is 0.892. The maximum atomic E-state index is 3.67. The number of hydrogen-bond acceptors (Lipinski definition) is 2. The van der Waals surface area contributed by atoms with Crippen LogP contribution in [0, 0.1) is 0 Å². The van der Waals surface area contributed by atoms with Crippen LogP contribution in [0.4, 0.5) is 5.69 Å². The van der Waals surface area contributed by atoms with E-state index in [0.717, 1.165) is 22.9 Å². The van der Waals surface area contributed by atoms with E-state index in [1.54, 1.807) is 0 Å². The maximum absolute atomic E-state index is 3.67. The Balaban J connectivity index is 2.22. The first-order chi connectivity index (χ1) is 8.74. The van der Waals surface area contributed by atoms with Crippen molar-refractivity contribution in [1.82, 2.24) is 0 Å². The summed E-state index contributed by atoms with van der Waals surface area (Å²) in [7, 11) is 0. The molecule has 1 aromatic carbocycles. The third-order valence-electron chi connectivity index (χ3n) is 2.82. The zero-order valence-corrected chi connectivity index (χ0v) is 14.2. The van der Waals surface area contributed by atoms with Crippen molar-refractivity contribution in [3.05, 3.63) is 50.6 Å². The van der Waals surface area contributed by atoms with Gasteiger partial charge >= 0.3 is 0 Å². The van der Waals surface area contributed by atoms with Gasteiger partial charge in [0.2, 0.25) is 0 Å². The molecule has 4 heteroatoms. The molecule has 2 rings (SSSR count). The van der Waals surface area contributed by atoms with Gasteiger partial charge in [0.1, 0.15) is 0 Å². The second-order valence-corrected chi connectivity index (χ2v) is 6.46. The first-order valence-electron chi connectivity index (χ1n) is 5.86. The topological polar surface area (TPSA) is 3.24 Å². The first-order valence-corrected chi connectivity index (χ1v) is 8.65. The summed E-state index contributed by atoms with van der Waals surface area (Å²) >= 11 is 8.97. The molecule has 0 amide bonds. The highest BCUT2D eigenvalue weighted by molar-refractivity contribution is 9.10. The van der Waals surface area contributed by atoms with Crippen LogP contribution in [0.25, 0.3) is 0 Å². The Morgan fingerprint density at radius 1 is 1.28 bits per heavy atom. The van der Waals surface area contributed by atoms with Crippen LogP contribution in [-0.2, 0) is 11.9 Å². The molecule has 0 unspecified atom stereocenters. The minimum Gasteiger partial charge on any atom is -0.366 e. The largest absolute Gasteiger partial charge is 0.366 e. The lowest BCUT2D eigenvalue weighted by atomic mass is 10.2. The monoisotopic (exact) mass is 387 g/mol. The van der Waals surface area contributed by atoms with Crippen molar-refractivity contribution >= 4 is 48.9 Å². The summed E-state index contributed by atoms with van der Waals surface area (Å²) in [5.41, 5.74) is 2.55. The number of alkyl halides is 1. The highest BCUT2D eigenvalue weighted by Gasteiger charge is 2.10. The summed E-state index contributed by atoms with van der Waals surface area (Å²) in [5.74, 6) is 0. The van der Waals surface area contributed by atoms with Crippen LogP contribution in [0.5, 0.6) is 0 Å². The number of nitrogens with zero attached hydrogens (tertiary/aromatic N) is 1. The highest BCUT2D eigenvalue weighted by atomic mass is 79.9. The second kappa shape index (κ2) is 6.73. The van der Waals surface area contributed by atoms with Crippen molar-refractivity contribution in [3.63, 3.8) is 0 Å². The van der Waals surface area contributed by atoms with E-state index in [0.29, 0.717) is 0 Å². The summed E-state index contributed by atoms with van der Waals surface area (Å²) in [6.07, 6.45) is 0. The summed E-state index contributed by atoms with van der Waals surface area (Å²) in [4.78, 5) is 3.78. The maximum Gasteiger partial charge on any atom is 0.0523 e. The molecular weight excluding hydrogens is 374 g/mol. The fourth-order valence-electron chi connectivity index (χ4n) is 1.85. The average molecular weight is 389 g/mol. The van der Waals surface area contributed by atoms with E-state index in [1.807, 2.05) is 11.3 Å². The molecule has 0 N–H and O–H groups in total. The number of halogens is 2. The summed E-state index contributed by atoms with van der Waals surface area (Å²) < 4.78 is 1.16. The number of hydrogen-bond donors (Lipinski definition) is 0. The van der Waals surface area contributed by atoms with Gasteiger partial charge in [0.25, 0.3) is 0 Å². The molecule has 0 fully saturated rings. The summed E-state index contributed by atoms with van der Waals surface area (Å²) in [5, 5.41) is 3.02. The van der Waals surface area contributed by atoms with E-state index in [9.17, 15) is 0 Å². The highest BCUT2D eigenvalue weighted by Crippen LogP contribution is 2.29. The molecule has 0 spiro atoms. The standard InChI is InChI=1S/C14H15Br2NS/c1-2-17(10-12-4-3-7-18-12)14-6-5-11(9-15)8-13(14)16/h3-8H,2,9-10H2,1H3. The van der Waals surface area contributed by atoms with Gasteiger partial charge in [-0.15, -0.1) is 11.3 Å². The van der Waals surface area contributed by atoms with Crippen LogP contribution >= 0.6 is 43.2 Å². The Morgan fingerprint density at radius 2 is 2.11 bits per heavy atom. The lowest BCUT2D eigenvalue weighted by Gasteiger charge is -2.24. The molecule has 0 atom stereocenters. The quantitative estimate of drug-likeness (QED) is 0.617. The van der Waals surface area contributed by atoms with E-state index in [2.05, 4.69) is 79.4 Å². The van der Waals surface area contributed by atoms with Gasteiger partial charge in [-0.05, 0) is 52.0 Å². The SMILES string of the molecule is CCN(Cc1cccs1)c1ccc(CBr)cc1Br. The van der Waals surface area contributed by atoms with Crippen molar-refractivity contribution < 1.29 is 0 Å². The average Bonchev–Trinajstić information content (AvgIpc) is 2.89. The Labute approximate surface area is 129 Å². The van der Waals surface area contributed by atoms with Crippen LogP contribution in [0.3, 0.4) is 0 Å². The minimum atomic E-state index is 0.892. The molecular formula is C14H15Br2NS. The molecule has 0 bridgehead atoms. The fourth-order valence-corrected chi connectivity index (χ4v) is 3.59. The smallest absolute Gasteiger partial charge is 0.0523 e. The molecule has 0 saturated carbocycles. The molecule has 0 aliphatic rings. The number of anilines is 1. The van der Waals surface area contributed by atoms with Gasteiger partial charge in [0.15, 0.2) is 0 Å². The molecule has 0 saturated heterocycles. The van der Waals surface area contributed by atoms with Gasteiger partial charge in [-0.25, -0.2) is 0 Å². The Bertz CT molecular complexity index is 497. The second-order valence-electron chi connectivity index (χ2n) is 4.01. The van der Waals surface area contributed by atoms with Crippen molar-refractivity contribution in [2.24, 2.45) is 0 Å². The predicted molar refractivity (Wildman–Crippen MR) is 87.8 cm³/mol. The first kappa shape index (κ1) is 14.1. The predicted octanol–water partition coefficient (Wildman–Crippen LogP) is 5.43. The Morgan fingerprint density at radius 3 is 2.67 bits per heavy atom. The summed E-state index contributed by atoms with van der Waals surface area (Å²) in [6.45, 7) is 4.17. The fraction of sp³-hybridized carbons (Fsp3) is 0.286. The zero-order chi connectivity index (χ0) is 13.0.